The zero-order chi connectivity index (χ0) is 18.5. The molecule has 0 spiro atoms. The van der Waals surface area contributed by atoms with Crippen LogP contribution in [0.4, 0.5) is 14.6 Å². The van der Waals surface area contributed by atoms with Gasteiger partial charge in [0, 0.05) is 11.6 Å². The maximum atomic E-state index is 14.3. The second-order valence-electron chi connectivity index (χ2n) is 5.22. The molecule has 4 N–H and O–H groups in total. The third-order valence-corrected chi connectivity index (χ3v) is 3.68. The zero-order valence-electron chi connectivity index (χ0n) is 12.3. The molecule has 1 aliphatic rings. The van der Waals surface area contributed by atoms with Crippen LogP contribution in [0.1, 0.15) is 26.3 Å². The smallest absolute Gasteiger partial charge is 0.307 e. The minimum absolute atomic E-state index is 0.257. The fraction of sp³-hybridized carbons (Fsp3) is 0.0667. The van der Waals surface area contributed by atoms with Gasteiger partial charge >= 0.3 is 5.97 Å². The molecular weight excluding hydrogens is 340 g/mol. The summed E-state index contributed by atoms with van der Waals surface area (Å²) in [6, 6.07) is 2.75. The van der Waals surface area contributed by atoms with Gasteiger partial charge in [-0.15, -0.1) is 0 Å². The summed E-state index contributed by atoms with van der Waals surface area (Å²) in [5.74, 6) is -6.54. The van der Waals surface area contributed by atoms with Crippen molar-refractivity contribution in [1.82, 2.24) is 9.88 Å². The molecule has 0 fully saturated rings. The van der Waals surface area contributed by atoms with Gasteiger partial charge in [0.15, 0.2) is 11.6 Å². The summed E-state index contributed by atoms with van der Waals surface area (Å²) in [5.41, 5.74) is 3.16. The van der Waals surface area contributed by atoms with Crippen LogP contribution in [0.2, 0.25) is 0 Å². The van der Waals surface area contributed by atoms with Crippen LogP contribution in [0.5, 0.6) is 0 Å². The molecular formula is C15H9F2N3O5. The van der Waals surface area contributed by atoms with Crippen LogP contribution in [0.15, 0.2) is 23.0 Å². The molecule has 1 aromatic carbocycles. The number of fused-ring (bicyclic) bond motifs is 1. The number of carboxylic acids is 1. The van der Waals surface area contributed by atoms with Crippen LogP contribution in [0, 0.1) is 11.6 Å². The summed E-state index contributed by atoms with van der Waals surface area (Å²) >= 11 is 0. The van der Waals surface area contributed by atoms with Crippen LogP contribution in [-0.4, -0.2) is 27.5 Å². The lowest BCUT2D eigenvalue weighted by Gasteiger charge is -2.14. The number of amides is 2. The Labute approximate surface area is 137 Å². The summed E-state index contributed by atoms with van der Waals surface area (Å²) in [6.45, 7) is 0. The Balaban J connectivity index is 2.25. The van der Waals surface area contributed by atoms with Gasteiger partial charge < -0.3 is 10.8 Å². The van der Waals surface area contributed by atoms with Gasteiger partial charge in [0.05, 0.1) is 23.2 Å². The third-order valence-electron chi connectivity index (χ3n) is 3.68. The number of rotatable bonds is 3. The standard InChI is InChI=1S/C15H9F2N3O5/c16-11-5(3-9(22)23)1-2-7(12(11)17)20-8(21)4-6-10(13(20)18)15(25)19-14(6)24/h1-2,4H,3,18H2,(H,22,23)(H,19,24,25). The first-order chi connectivity index (χ1) is 11.7. The average Bonchev–Trinajstić information content (AvgIpc) is 2.80. The number of halogens is 2. The van der Waals surface area contributed by atoms with Crippen molar-refractivity contribution in [2.24, 2.45) is 0 Å². The number of hydrogen-bond acceptors (Lipinski definition) is 5. The number of nitrogens with zero attached hydrogens (tertiary/aromatic N) is 1. The molecule has 25 heavy (non-hydrogen) atoms. The van der Waals surface area contributed by atoms with Gasteiger partial charge in [-0.05, 0) is 6.07 Å². The Hall–Kier alpha value is -3.56. The van der Waals surface area contributed by atoms with Crippen molar-refractivity contribution < 1.29 is 28.3 Å². The molecule has 0 bridgehead atoms. The number of imide groups is 1. The molecule has 2 amide bonds. The van der Waals surface area contributed by atoms with Crippen molar-refractivity contribution in [2.75, 3.05) is 5.73 Å². The Kier molecular flexibility index (Phi) is 3.59. The molecule has 1 aromatic heterocycles. The van der Waals surface area contributed by atoms with E-state index in [1.165, 1.54) is 0 Å². The van der Waals surface area contributed by atoms with E-state index >= 15 is 0 Å². The predicted molar refractivity (Wildman–Crippen MR) is 79.5 cm³/mol. The third kappa shape index (κ3) is 2.43. The molecule has 0 aliphatic carbocycles. The van der Waals surface area contributed by atoms with Crippen molar-refractivity contribution in [3.8, 4) is 5.69 Å². The maximum absolute atomic E-state index is 14.3. The number of carbonyl (C=O) groups is 3. The van der Waals surface area contributed by atoms with Crippen molar-refractivity contribution in [3.05, 3.63) is 56.9 Å². The van der Waals surface area contributed by atoms with Gasteiger partial charge in [0.2, 0.25) is 0 Å². The fourth-order valence-corrected chi connectivity index (χ4v) is 2.58. The van der Waals surface area contributed by atoms with Crippen LogP contribution >= 0.6 is 0 Å². The predicted octanol–water partition coefficient (Wildman–Crippen LogP) is 0.209. The Morgan fingerprint density at radius 1 is 1.16 bits per heavy atom. The van der Waals surface area contributed by atoms with E-state index in [-0.39, 0.29) is 11.1 Å². The average molecular weight is 349 g/mol. The monoisotopic (exact) mass is 349 g/mol. The normalized spacial score (nSPS) is 12.9. The van der Waals surface area contributed by atoms with Crippen LogP contribution in [0.3, 0.4) is 0 Å². The summed E-state index contributed by atoms with van der Waals surface area (Å²) in [5, 5.41) is 10.6. The first kappa shape index (κ1) is 16.3. The van der Waals surface area contributed by atoms with Crippen molar-refractivity contribution in [2.45, 2.75) is 6.42 Å². The molecule has 128 valence electrons. The molecule has 2 aromatic rings. The Morgan fingerprint density at radius 3 is 2.48 bits per heavy atom. The summed E-state index contributed by atoms with van der Waals surface area (Å²) in [7, 11) is 0. The number of nitrogen functional groups attached to an aromatic ring is 1. The van der Waals surface area contributed by atoms with Crippen molar-refractivity contribution >= 4 is 23.6 Å². The summed E-state index contributed by atoms with van der Waals surface area (Å²) in [6.07, 6.45) is -0.755. The van der Waals surface area contributed by atoms with Crippen molar-refractivity contribution in [1.29, 1.82) is 0 Å². The quantitative estimate of drug-likeness (QED) is 0.679. The zero-order valence-corrected chi connectivity index (χ0v) is 12.3. The van der Waals surface area contributed by atoms with E-state index in [0.717, 1.165) is 18.2 Å². The highest BCUT2D eigenvalue weighted by molar-refractivity contribution is 6.23. The van der Waals surface area contributed by atoms with E-state index in [9.17, 15) is 28.0 Å². The van der Waals surface area contributed by atoms with Gasteiger partial charge in [-0.25, -0.2) is 8.78 Å². The Morgan fingerprint density at radius 2 is 1.84 bits per heavy atom. The van der Waals surface area contributed by atoms with Gasteiger partial charge in [-0.3, -0.25) is 29.1 Å². The topological polar surface area (TPSA) is 131 Å². The van der Waals surface area contributed by atoms with E-state index in [1.54, 1.807) is 0 Å². The summed E-state index contributed by atoms with van der Waals surface area (Å²) in [4.78, 5) is 46.2. The van der Waals surface area contributed by atoms with Gasteiger partial charge in [0.1, 0.15) is 5.82 Å². The van der Waals surface area contributed by atoms with Crippen LogP contribution in [-0.2, 0) is 11.2 Å². The largest absolute Gasteiger partial charge is 0.481 e. The number of aromatic nitrogens is 1. The lowest BCUT2D eigenvalue weighted by atomic mass is 10.1. The first-order valence-electron chi connectivity index (χ1n) is 6.82. The fourth-order valence-electron chi connectivity index (χ4n) is 2.58. The number of pyridine rings is 1. The van der Waals surface area contributed by atoms with E-state index < -0.39 is 58.5 Å². The van der Waals surface area contributed by atoms with E-state index in [0.29, 0.717) is 4.57 Å². The number of nitrogens with two attached hydrogens (primary N) is 1. The second-order valence-corrected chi connectivity index (χ2v) is 5.22. The molecule has 0 saturated heterocycles. The molecule has 0 atom stereocenters. The number of aliphatic carboxylic acids is 1. The molecule has 2 heterocycles. The number of carboxylic acid groups (broad SMARTS) is 1. The molecule has 0 saturated carbocycles. The number of carbonyl (C=O) groups excluding carboxylic acids is 2. The second kappa shape index (κ2) is 5.51. The van der Waals surface area contributed by atoms with Gasteiger partial charge in [0.25, 0.3) is 17.4 Å². The maximum Gasteiger partial charge on any atom is 0.307 e. The SMILES string of the molecule is Nc1c2c(cc(=O)n1-c1ccc(CC(=O)O)c(F)c1F)C(=O)NC2=O. The number of hydrogen-bond donors (Lipinski definition) is 3. The van der Waals surface area contributed by atoms with E-state index in [1.807, 2.05) is 5.32 Å². The lowest BCUT2D eigenvalue weighted by molar-refractivity contribution is -0.136. The molecule has 1 aliphatic heterocycles. The van der Waals surface area contributed by atoms with E-state index in [2.05, 4.69) is 0 Å². The number of nitrogens with one attached hydrogen (secondary N) is 1. The molecule has 8 nitrogen and oxygen atoms in total. The number of anilines is 1. The highest BCUT2D eigenvalue weighted by Crippen LogP contribution is 2.26. The highest BCUT2D eigenvalue weighted by atomic mass is 19.2. The highest BCUT2D eigenvalue weighted by Gasteiger charge is 2.32. The molecule has 0 radical (unpaired) electrons. The van der Waals surface area contributed by atoms with Crippen molar-refractivity contribution in [3.63, 3.8) is 0 Å². The lowest BCUT2D eigenvalue weighted by Crippen LogP contribution is -2.25. The van der Waals surface area contributed by atoms with Gasteiger partial charge in [-0.2, -0.15) is 0 Å². The minimum atomic E-state index is -1.50. The molecule has 0 unspecified atom stereocenters. The van der Waals surface area contributed by atoms with E-state index in [4.69, 9.17) is 10.8 Å². The van der Waals surface area contributed by atoms with Gasteiger partial charge in [-0.1, -0.05) is 6.07 Å². The van der Waals surface area contributed by atoms with Crippen LogP contribution < -0.4 is 16.6 Å². The Bertz CT molecular complexity index is 1030. The van der Waals surface area contributed by atoms with Crippen LogP contribution in [0.25, 0.3) is 5.69 Å². The first-order valence-corrected chi connectivity index (χ1v) is 6.82. The number of benzene rings is 1. The summed E-state index contributed by atoms with van der Waals surface area (Å²) < 4.78 is 28.9. The minimum Gasteiger partial charge on any atom is -0.481 e. The molecule has 10 heteroatoms. The molecule has 3 rings (SSSR count).